The lowest BCUT2D eigenvalue weighted by Gasteiger charge is -2.06. The van der Waals surface area contributed by atoms with E-state index in [0.717, 1.165) is 22.8 Å². The lowest BCUT2D eigenvalue weighted by atomic mass is 10.1. The van der Waals surface area contributed by atoms with Crippen molar-refractivity contribution in [3.05, 3.63) is 65.1 Å². The van der Waals surface area contributed by atoms with Gasteiger partial charge in [0, 0.05) is 23.1 Å². The van der Waals surface area contributed by atoms with Crippen LogP contribution in [0, 0.1) is 0 Å². The number of hydrogen-bond acceptors (Lipinski definition) is 4. The third-order valence-electron chi connectivity index (χ3n) is 3.91. The van der Waals surface area contributed by atoms with Gasteiger partial charge in [0.2, 0.25) is 0 Å². The summed E-state index contributed by atoms with van der Waals surface area (Å²) in [5.74, 6) is 0.481. The summed E-state index contributed by atoms with van der Waals surface area (Å²) in [7, 11) is 0. The van der Waals surface area contributed by atoms with E-state index in [2.05, 4.69) is 15.3 Å². The largest absolute Gasteiger partial charge is 0.441 e. The fourth-order valence-corrected chi connectivity index (χ4v) is 2.80. The zero-order valence-corrected chi connectivity index (χ0v) is 14.2. The molecular weight excluding hydrogens is 338 g/mol. The predicted octanol–water partition coefficient (Wildman–Crippen LogP) is 4.84. The molecule has 4 aromatic rings. The van der Waals surface area contributed by atoms with Crippen LogP contribution in [-0.2, 0) is 6.42 Å². The lowest BCUT2D eigenvalue weighted by molar-refractivity contribution is 0.102. The maximum absolute atomic E-state index is 12.5. The molecule has 0 unspecified atom stereocenters. The van der Waals surface area contributed by atoms with E-state index in [1.54, 1.807) is 36.4 Å². The third-order valence-corrected chi connectivity index (χ3v) is 4.12. The van der Waals surface area contributed by atoms with Crippen LogP contribution in [0.4, 0.5) is 5.69 Å². The summed E-state index contributed by atoms with van der Waals surface area (Å²) in [5, 5.41) is 4.17. The molecule has 5 nitrogen and oxygen atoms in total. The van der Waals surface area contributed by atoms with Gasteiger partial charge in [-0.3, -0.25) is 4.79 Å². The number of aryl methyl sites for hydroxylation is 1. The number of carbonyl (C=O) groups excluding carboxylic acids is 1. The molecule has 0 aliphatic carbocycles. The number of hydrogen-bond donors (Lipinski definition) is 1. The average molecular weight is 352 g/mol. The van der Waals surface area contributed by atoms with Gasteiger partial charge in [-0.1, -0.05) is 18.5 Å². The Bertz CT molecular complexity index is 1100. The van der Waals surface area contributed by atoms with Gasteiger partial charge in [-0.2, -0.15) is 0 Å². The summed E-state index contributed by atoms with van der Waals surface area (Å²) in [4.78, 5) is 21.1. The van der Waals surface area contributed by atoms with Crippen molar-refractivity contribution in [1.82, 2.24) is 9.97 Å². The highest BCUT2D eigenvalue weighted by molar-refractivity contribution is 6.29. The SMILES string of the molecule is CCc1nc2cc(NC(=O)c3ccc4nc(Cl)ccc4c3)ccc2o1. The minimum absolute atomic E-state index is 0.199. The van der Waals surface area contributed by atoms with Crippen LogP contribution in [0.25, 0.3) is 22.0 Å². The van der Waals surface area contributed by atoms with Crippen LogP contribution in [0.3, 0.4) is 0 Å². The molecule has 0 saturated heterocycles. The minimum atomic E-state index is -0.199. The Morgan fingerprint density at radius 1 is 1.08 bits per heavy atom. The molecule has 0 saturated carbocycles. The van der Waals surface area contributed by atoms with Crippen molar-refractivity contribution in [2.45, 2.75) is 13.3 Å². The molecule has 0 atom stereocenters. The number of oxazole rings is 1. The molecule has 25 heavy (non-hydrogen) atoms. The predicted molar refractivity (Wildman–Crippen MR) is 98.1 cm³/mol. The van der Waals surface area contributed by atoms with Crippen molar-refractivity contribution in [2.75, 3.05) is 5.32 Å². The number of fused-ring (bicyclic) bond motifs is 2. The fourth-order valence-electron chi connectivity index (χ4n) is 2.65. The van der Waals surface area contributed by atoms with Gasteiger partial charge in [0.1, 0.15) is 10.7 Å². The first-order chi connectivity index (χ1) is 12.1. The molecule has 4 rings (SSSR count). The summed E-state index contributed by atoms with van der Waals surface area (Å²) in [6, 6.07) is 14.3. The third kappa shape index (κ3) is 3.06. The zero-order chi connectivity index (χ0) is 17.4. The maximum atomic E-state index is 12.5. The Kier molecular flexibility index (Phi) is 3.86. The Hall–Kier alpha value is -2.92. The molecule has 0 aliphatic rings. The molecule has 2 heterocycles. The summed E-state index contributed by atoms with van der Waals surface area (Å²) >= 11 is 5.88. The first kappa shape index (κ1) is 15.6. The van der Waals surface area contributed by atoms with Crippen molar-refractivity contribution in [3.8, 4) is 0 Å². The number of amides is 1. The number of anilines is 1. The minimum Gasteiger partial charge on any atom is -0.441 e. The van der Waals surface area contributed by atoms with Gasteiger partial charge in [0.15, 0.2) is 11.5 Å². The van der Waals surface area contributed by atoms with Gasteiger partial charge in [-0.05, 0) is 48.5 Å². The van der Waals surface area contributed by atoms with E-state index in [9.17, 15) is 4.79 Å². The Balaban J connectivity index is 1.61. The van der Waals surface area contributed by atoms with E-state index in [0.29, 0.717) is 27.9 Å². The average Bonchev–Trinajstić information content (AvgIpc) is 3.03. The second kappa shape index (κ2) is 6.18. The number of nitrogens with one attached hydrogen (secondary N) is 1. The van der Waals surface area contributed by atoms with Gasteiger partial charge in [0.25, 0.3) is 5.91 Å². The number of pyridine rings is 1. The summed E-state index contributed by atoms with van der Waals surface area (Å²) in [6.07, 6.45) is 0.728. The van der Waals surface area contributed by atoms with Crippen LogP contribution in [0.1, 0.15) is 23.2 Å². The van der Waals surface area contributed by atoms with Gasteiger partial charge < -0.3 is 9.73 Å². The molecule has 0 aliphatic heterocycles. The smallest absolute Gasteiger partial charge is 0.255 e. The Morgan fingerprint density at radius 2 is 1.96 bits per heavy atom. The van der Waals surface area contributed by atoms with Gasteiger partial charge in [0.05, 0.1) is 5.52 Å². The molecular formula is C19H14ClN3O2. The van der Waals surface area contributed by atoms with Crippen molar-refractivity contribution < 1.29 is 9.21 Å². The van der Waals surface area contributed by atoms with Crippen LogP contribution < -0.4 is 5.32 Å². The highest BCUT2D eigenvalue weighted by Crippen LogP contribution is 2.22. The second-order valence-corrected chi connectivity index (χ2v) is 6.03. The van der Waals surface area contributed by atoms with Gasteiger partial charge in [-0.25, -0.2) is 9.97 Å². The first-order valence-corrected chi connectivity index (χ1v) is 8.27. The van der Waals surface area contributed by atoms with Crippen molar-refractivity contribution in [2.24, 2.45) is 0 Å². The molecule has 6 heteroatoms. The quantitative estimate of drug-likeness (QED) is 0.536. The Labute approximate surface area is 148 Å². The molecule has 2 aromatic heterocycles. The molecule has 0 fully saturated rings. The first-order valence-electron chi connectivity index (χ1n) is 7.89. The summed E-state index contributed by atoms with van der Waals surface area (Å²) < 4.78 is 5.58. The number of carbonyl (C=O) groups is 1. The highest BCUT2D eigenvalue weighted by atomic mass is 35.5. The van der Waals surface area contributed by atoms with Gasteiger partial charge in [-0.15, -0.1) is 0 Å². The fraction of sp³-hybridized carbons (Fsp3) is 0.105. The van der Waals surface area contributed by atoms with Crippen LogP contribution in [0.15, 0.2) is 52.9 Å². The van der Waals surface area contributed by atoms with E-state index in [4.69, 9.17) is 16.0 Å². The van der Waals surface area contributed by atoms with E-state index in [1.807, 2.05) is 19.1 Å². The van der Waals surface area contributed by atoms with E-state index in [1.165, 1.54) is 0 Å². The summed E-state index contributed by atoms with van der Waals surface area (Å²) in [6.45, 7) is 1.98. The molecule has 1 N–H and O–H groups in total. The van der Waals surface area contributed by atoms with Crippen LogP contribution >= 0.6 is 11.6 Å². The van der Waals surface area contributed by atoms with Crippen LogP contribution in [0.5, 0.6) is 0 Å². The number of halogens is 1. The number of rotatable bonds is 3. The molecule has 1 amide bonds. The topological polar surface area (TPSA) is 68.0 Å². The number of nitrogens with zero attached hydrogens (tertiary/aromatic N) is 2. The van der Waals surface area contributed by atoms with Crippen molar-refractivity contribution >= 4 is 45.2 Å². The van der Waals surface area contributed by atoms with E-state index in [-0.39, 0.29) is 5.91 Å². The molecule has 0 spiro atoms. The van der Waals surface area contributed by atoms with Gasteiger partial charge >= 0.3 is 0 Å². The second-order valence-electron chi connectivity index (χ2n) is 5.64. The molecule has 0 bridgehead atoms. The standard InChI is InChI=1S/C19H14ClN3O2/c1-2-18-23-15-10-13(5-7-16(15)25-18)21-19(24)12-3-6-14-11(9-12)4-8-17(20)22-14/h3-10H,2H2,1H3,(H,21,24). The number of aromatic nitrogens is 2. The maximum Gasteiger partial charge on any atom is 0.255 e. The Morgan fingerprint density at radius 3 is 2.80 bits per heavy atom. The molecule has 124 valence electrons. The normalized spacial score (nSPS) is 11.1. The molecule has 0 radical (unpaired) electrons. The summed E-state index contributed by atoms with van der Waals surface area (Å²) in [5.41, 5.74) is 3.41. The molecule has 2 aromatic carbocycles. The zero-order valence-electron chi connectivity index (χ0n) is 13.4. The van der Waals surface area contributed by atoms with Crippen LogP contribution in [-0.4, -0.2) is 15.9 Å². The number of benzene rings is 2. The monoisotopic (exact) mass is 351 g/mol. The van der Waals surface area contributed by atoms with E-state index < -0.39 is 0 Å². The highest BCUT2D eigenvalue weighted by Gasteiger charge is 2.10. The van der Waals surface area contributed by atoms with Crippen LogP contribution in [0.2, 0.25) is 5.15 Å². The van der Waals surface area contributed by atoms with Crippen molar-refractivity contribution in [3.63, 3.8) is 0 Å². The lowest BCUT2D eigenvalue weighted by Crippen LogP contribution is -2.11. The van der Waals surface area contributed by atoms with Crippen molar-refractivity contribution in [1.29, 1.82) is 0 Å². The van der Waals surface area contributed by atoms with E-state index >= 15 is 0 Å².